The maximum atomic E-state index is 13.1. The van der Waals surface area contributed by atoms with Crippen LogP contribution in [0.3, 0.4) is 0 Å². The highest BCUT2D eigenvalue weighted by molar-refractivity contribution is 6.02. The zero-order chi connectivity index (χ0) is 21.2. The summed E-state index contributed by atoms with van der Waals surface area (Å²) in [6.45, 7) is 1.31. The van der Waals surface area contributed by atoms with Crippen LogP contribution in [0, 0.1) is 0 Å². The smallest absolute Gasteiger partial charge is 0.291 e. The second kappa shape index (κ2) is 8.06. The second-order valence-electron chi connectivity index (χ2n) is 7.59. The van der Waals surface area contributed by atoms with Crippen molar-refractivity contribution in [2.45, 2.75) is 18.8 Å². The van der Waals surface area contributed by atoms with E-state index >= 15 is 0 Å². The van der Waals surface area contributed by atoms with Gasteiger partial charge < -0.3 is 14.6 Å². The predicted octanol–water partition coefficient (Wildman–Crippen LogP) is 3.59. The average Bonchev–Trinajstić information content (AvgIpc) is 3.50. The van der Waals surface area contributed by atoms with Crippen LogP contribution in [-0.4, -0.2) is 44.4 Å². The lowest BCUT2D eigenvalue weighted by Gasteiger charge is -2.32. The number of hydrogen-bond donors (Lipinski definition) is 1. The molecule has 1 aromatic carbocycles. The first-order valence-corrected chi connectivity index (χ1v) is 10.2. The number of fused-ring (bicyclic) bond motifs is 1. The number of aromatic nitrogens is 3. The highest BCUT2D eigenvalue weighted by Gasteiger charge is 2.28. The van der Waals surface area contributed by atoms with E-state index in [2.05, 4.69) is 15.5 Å². The lowest BCUT2D eigenvalue weighted by molar-refractivity contribution is 0.0704. The third-order valence-corrected chi connectivity index (χ3v) is 5.55. The van der Waals surface area contributed by atoms with Gasteiger partial charge in [-0.15, -0.1) is 10.2 Å². The Morgan fingerprint density at radius 3 is 2.71 bits per heavy atom. The highest BCUT2D eigenvalue weighted by Crippen LogP contribution is 2.27. The Bertz CT molecular complexity index is 1210. The molecule has 0 bridgehead atoms. The Morgan fingerprint density at radius 1 is 1.03 bits per heavy atom. The number of hydrogen-bond acceptors (Lipinski definition) is 5. The van der Waals surface area contributed by atoms with Crippen molar-refractivity contribution >= 4 is 23.1 Å². The molecule has 1 unspecified atom stereocenters. The molecular weight excluding hydrogens is 394 g/mol. The molecular formula is C23H21N5O3. The molecule has 1 fully saturated rings. The van der Waals surface area contributed by atoms with E-state index in [1.165, 1.54) is 6.26 Å². The van der Waals surface area contributed by atoms with Crippen LogP contribution < -0.4 is 5.32 Å². The van der Waals surface area contributed by atoms with E-state index in [4.69, 9.17) is 4.42 Å². The molecule has 4 aromatic rings. The summed E-state index contributed by atoms with van der Waals surface area (Å²) in [5.41, 5.74) is 2.00. The highest BCUT2D eigenvalue weighted by atomic mass is 16.3. The maximum absolute atomic E-state index is 13.1. The average molecular weight is 415 g/mol. The van der Waals surface area contributed by atoms with Gasteiger partial charge in [0, 0.05) is 36.5 Å². The van der Waals surface area contributed by atoms with Gasteiger partial charge in [-0.3, -0.25) is 14.0 Å². The van der Waals surface area contributed by atoms with Crippen LogP contribution in [0.25, 0.3) is 5.65 Å². The normalized spacial score (nSPS) is 16.4. The third kappa shape index (κ3) is 3.79. The molecule has 5 rings (SSSR count). The summed E-state index contributed by atoms with van der Waals surface area (Å²) < 4.78 is 7.09. The fraction of sp³-hybridized carbons (Fsp3) is 0.217. The molecule has 4 heterocycles. The minimum atomic E-state index is -0.330. The quantitative estimate of drug-likeness (QED) is 0.550. The van der Waals surface area contributed by atoms with E-state index in [0.717, 1.165) is 24.3 Å². The molecule has 1 atom stereocenters. The van der Waals surface area contributed by atoms with E-state index in [0.29, 0.717) is 24.3 Å². The van der Waals surface area contributed by atoms with E-state index in [-0.39, 0.29) is 23.5 Å². The number of carbonyl (C=O) groups excluding carboxylic acids is 2. The van der Waals surface area contributed by atoms with Gasteiger partial charge in [-0.25, -0.2) is 0 Å². The SMILES string of the molecule is O=C(Nc1ccc(C(=O)N2CCCC(c3nnc4ccccn34)C2)cc1)c1ccco1. The van der Waals surface area contributed by atoms with E-state index in [1.54, 1.807) is 36.4 Å². The van der Waals surface area contributed by atoms with Gasteiger partial charge in [0.15, 0.2) is 11.4 Å². The predicted molar refractivity (Wildman–Crippen MR) is 114 cm³/mol. The molecule has 1 aliphatic heterocycles. The Kier molecular flexibility index (Phi) is 4.95. The number of benzene rings is 1. The van der Waals surface area contributed by atoms with E-state index in [9.17, 15) is 9.59 Å². The molecule has 1 saturated heterocycles. The monoisotopic (exact) mass is 415 g/mol. The summed E-state index contributed by atoms with van der Waals surface area (Å²) in [4.78, 5) is 27.0. The summed E-state index contributed by atoms with van der Waals surface area (Å²) >= 11 is 0. The minimum absolute atomic E-state index is 0.0255. The Morgan fingerprint density at radius 2 is 1.90 bits per heavy atom. The van der Waals surface area contributed by atoms with Crippen molar-refractivity contribution in [3.8, 4) is 0 Å². The van der Waals surface area contributed by atoms with Gasteiger partial charge in [-0.05, 0) is 61.4 Å². The molecule has 8 heteroatoms. The van der Waals surface area contributed by atoms with E-state index < -0.39 is 0 Å². The molecule has 31 heavy (non-hydrogen) atoms. The Balaban J connectivity index is 1.28. The van der Waals surface area contributed by atoms with Crippen LogP contribution in [0.15, 0.2) is 71.5 Å². The van der Waals surface area contributed by atoms with Gasteiger partial charge in [0.25, 0.3) is 11.8 Å². The van der Waals surface area contributed by atoms with Crippen LogP contribution in [0.1, 0.15) is 45.5 Å². The summed E-state index contributed by atoms with van der Waals surface area (Å²) in [5.74, 6) is 0.914. The number of furan rings is 1. The van der Waals surface area contributed by atoms with E-state index in [1.807, 2.05) is 33.7 Å². The van der Waals surface area contributed by atoms with Gasteiger partial charge in [0.2, 0.25) is 0 Å². The molecule has 1 aliphatic rings. The summed E-state index contributed by atoms with van der Waals surface area (Å²) in [7, 11) is 0. The maximum Gasteiger partial charge on any atom is 0.291 e. The molecule has 0 saturated carbocycles. The number of anilines is 1. The fourth-order valence-electron chi connectivity index (χ4n) is 3.99. The topological polar surface area (TPSA) is 92.7 Å². The lowest BCUT2D eigenvalue weighted by atomic mass is 9.96. The van der Waals surface area contributed by atoms with Crippen LogP contribution >= 0.6 is 0 Å². The number of pyridine rings is 1. The Labute approximate surface area is 178 Å². The van der Waals surface area contributed by atoms with Crippen LogP contribution in [-0.2, 0) is 0 Å². The number of carbonyl (C=O) groups is 2. The third-order valence-electron chi connectivity index (χ3n) is 5.55. The number of nitrogens with one attached hydrogen (secondary N) is 1. The van der Waals surface area contributed by atoms with Crippen molar-refractivity contribution in [2.24, 2.45) is 0 Å². The molecule has 1 N–H and O–H groups in total. The van der Waals surface area contributed by atoms with Gasteiger partial charge in [0.1, 0.15) is 5.82 Å². The molecule has 156 valence electrons. The number of likely N-dealkylation sites (tertiary alicyclic amines) is 1. The number of amides is 2. The first-order chi connectivity index (χ1) is 15.2. The minimum Gasteiger partial charge on any atom is -0.459 e. The van der Waals surface area contributed by atoms with Crippen molar-refractivity contribution in [1.29, 1.82) is 0 Å². The summed E-state index contributed by atoms with van der Waals surface area (Å²) in [6, 6.07) is 16.0. The molecule has 0 spiro atoms. The molecule has 0 aliphatic carbocycles. The van der Waals surface area contributed by atoms with Crippen molar-refractivity contribution < 1.29 is 14.0 Å². The fourth-order valence-corrected chi connectivity index (χ4v) is 3.99. The summed E-state index contributed by atoms with van der Waals surface area (Å²) in [6.07, 6.45) is 5.29. The van der Waals surface area contributed by atoms with Crippen molar-refractivity contribution in [1.82, 2.24) is 19.5 Å². The molecule has 3 aromatic heterocycles. The van der Waals surface area contributed by atoms with Crippen molar-refractivity contribution in [3.05, 3.63) is 84.2 Å². The standard InChI is InChI=1S/C23H21N5O3/c29-22(19-6-4-14-31-19)24-18-10-8-16(9-11-18)23(30)27-12-3-5-17(15-27)21-26-25-20-7-1-2-13-28(20)21/h1-2,4,6-11,13-14,17H,3,5,12,15H2,(H,24,29). The molecule has 2 amide bonds. The van der Waals surface area contributed by atoms with Gasteiger partial charge in [-0.2, -0.15) is 0 Å². The number of nitrogens with zero attached hydrogens (tertiary/aromatic N) is 4. The van der Waals surface area contributed by atoms with Crippen LogP contribution in [0.5, 0.6) is 0 Å². The van der Waals surface area contributed by atoms with Crippen LogP contribution in [0.2, 0.25) is 0 Å². The molecule has 0 radical (unpaired) electrons. The first-order valence-electron chi connectivity index (χ1n) is 10.2. The Hall–Kier alpha value is -3.94. The largest absolute Gasteiger partial charge is 0.459 e. The number of piperidine rings is 1. The molecule has 8 nitrogen and oxygen atoms in total. The van der Waals surface area contributed by atoms with Crippen molar-refractivity contribution in [3.63, 3.8) is 0 Å². The summed E-state index contributed by atoms with van der Waals surface area (Å²) in [5, 5.41) is 11.4. The zero-order valence-corrected chi connectivity index (χ0v) is 16.8. The van der Waals surface area contributed by atoms with Gasteiger partial charge in [0.05, 0.1) is 6.26 Å². The lowest BCUT2D eigenvalue weighted by Crippen LogP contribution is -2.39. The number of rotatable bonds is 4. The van der Waals surface area contributed by atoms with Crippen molar-refractivity contribution in [2.75, 3.05) is 18.4 Å². The zero-order valence-electron chi connectivity index (χ0n) is 16.8. The first kappa shape index (κ1) is 19.0. The second-order valence-corrected chi connectivity index (χ2v) is 7.59. The van der Waals surface area contributed by atoms with Gasteiger partial charge >= 0.3 is 0 Å². The van der Waals surface area contributed by atoms with Gasteiger partial charge in [-0.1, -0.05) is 6.07 Å². The van der Waals surface area contributed by atoms with Crippen LogP contribution in [0.4, 0.5) is 5.69 Å².